The summed E-state index contributed by atoms with van der Waals surface area (Å²) in [5.74, 6) is -2.43. The second-order valence-corrected chi connectivity index (χ2v) is 15.2. The standard InChI is InChI=1S/C31H55N7O6S.C2H6.H2S/c1-31(2,3)24(19-37(6)44-45-36(4)5)34-30(43)35-25(21-14-8-7-9-15-21)29(42)38-17-11-16-23(38)28(41)33-22(26(39)27(32)40)18-20-12-10-13-20;1-2;/h20-25H,7-19H2,1-6H3,(H2,32,40)(H,33,41)(H2,34,35,43);1-2H3;1H2. The van der Waals surface area contributed by atoms with E-state index in [1.54, 1.807) is 17.0 Å². The highest BCUT2D eigenvalue weighted by atomic mass is 32.2. The highest BCUT2D eigenvalue weighted by Gasteiger charge is 2.42. The van der Waals surface area contributed by atoms with Gasteiger partial charge in [-0.3, -0.25) is 19.2 Å². The van der Waals surface area contributed by atoms with E-state index >= 15 is 0 Å². The summed E-state index contributed by atoms with van der Waals surface area (Å²) in [6, 6.07) is -3.33. The molecule has 4 unspecified atom stereocenters. The Morgan fingerprint density at radius 1 is 0.896 bits per heavy atom. The number of hydroxylamine groups is 2. The van der Waals surface area contributed by atoms with Crippen LogP contribution in [0.4, 0.5) is 4.79 Å². The van der Waals surface area contributed by atoms with Crippen molar-refractivity contribution in [2.45, 2.75) is 129 Å². The molecular weight excluding hydrogens is 655 g/mol. The molecule has 0 radical (unpaired) electrons. The number of likely N-dealkylation sites (tertiary alicyclic amines) is 1. The normalized spacial score (nSPS) is 20.4. The molecule has 0 aromatic carbocycles. The van der Waals surface area contributed by atoms with Crippen LogP contribution in [0.1, 0.15) is 105 Å². The molecule has 5 N–H and O–H groups in total. The minimum absolute atomic E-state index is 0. The number of hydrogen-bond donors (Lipinski definition) is 4. The number of likely N-dealkylation sites (N-methyl/N-ethyl adjacent to an activating group) is 1. The van der Waals surface area contributed by atoms with Gasteiger partial charge in [0.25, 0.3) is 5.91 Å². The van der Waals surface area contributed by atoms with E-state index in [2.05, 4.69) is 16.0 Å². The number of carbonyl (C=O) groups is 5. The first-order valence-corrected chi connectivity index (χ1v) is 18.1. The fourth-order valence-corrected chi connectivity index (χ4v) is 6.66. The van der Waals surface area contributed by atoms with Gasteiger partial charge in [0.05, 0.1) is 12.1 Å². The number of amides is 5. The van der Waals surface area contributed by atoms with Crippen molar-refractivity contribution in [3.05, 3.63) is 0 Å². The van der Waals surface area contributed by atoms with Crippen LogP contribution in [0.25, 0.3) is 0 Å². The quantitative estimate of drug-likeness (QED) is 0.0859. The number of urea groups is 1. The molecule has 0 aromatic heterocycles. The lowest BCUT2D eigenvalue weighted by atomic mass is 9.80. The van der Waals surface area contributed by atoms with Gasteiger partial charge in [-0.25, -0.2) is 13.4 Å². The SMILES string of the molecule is CC.CN(CC(NC(=O)NC(C(=O)N1CCCC1C(=O)NC(CC1CCC1)C(=O)C(N)=O)C1CCCCC1)C(C)(C)C)OSN(C)C.S. The number of primary amides is 1. The van der Waals surface area contributed by atoms with E-state index in [0.29, 0.717) is 32.4 Å². The molecule has 1 heterocycles. The average molecular weight is 718 g/mol. The Morgan fingerprint density at radius 3 is 2.04 bits per heavy atom. The summed E-state index contributed by atoms with van der Waals surface area (Å²) >= 11 is 1.18. The van der Waals surface area contributed by atoms with Gasteiger partial charge in [0.15, 0.2) is 0 Å². The van der Waals surface area contributed by atoms with Crippen LogP contribution in [0.2, 0.25) is 0 Å². The fraction of sp³-hybridized carbons (Fsp3) is 0.848. The molecule has 2 aliphatic carbocycles. The largest absolute Gasteiger partial charge is 0.363 e. The molecule has 3 aliphatic rings. The Kier molecular flexibility index (Phi) is 19.4. The van der Waals surface area contributed by atoms with Crippen LogP contribution in [-0.4, -0.2) is 102 Å². The summed E-state index contributed by atoms with van der Waals surface area (Å²) in [5.41, 5.74) is 4.99. The van der Waals surface area contributed by atoms with E-state index in [1.807, 2.05) is 53.0 Å². The van der Waals surface area contributed by atoms with Gasteiger partial charge in [-0.05, 0) is 63.5 Å². The number of Topliss-reactive ketones (excluding diaryl/α,β-unsaturated/α-hetero) is 1. The highest BCUT2D eigenvalue weighted by Crippen LogP contribution is 2.32. The number of nitrogens with one attached hydrogen (secondary N) is 3. The molecule has 1 aliphatic heterocycles. The molecule has 5 amide bonds. The number of nitrogens with zero attached hydrogens (tertiary/aromatic N) is 3. The van der Waals surface area contributed by atoms with Gasteiger partial charge < -0.3 is 26.6 Å². The first-order valence-electron chi connectivity index (χ1n) is 17.4. The number of carbonyl (C=O) groups excluding carboxylic acids is 5. The zero-order valence-electron chi connectivity index (χ0n) is 30.4. The first-order chi connectivity index (χ1) is 22.2. The van der Waals surface area contributed by atoms with E-state index in [-0.39, 0.29) is 42.7 Å². The van der Waals surface area contributed by atoms with Crippen LogP contribution in [0.5, 0.6) is 0 Å². The molecule has 0 aromatic rings. The van der Waals surface area contributed by atoms with Gasteiger partial charge in [0.2, 0.25) is 17.6 Å². The predicted octanol–water partition coefficient (Wildman–Crippen LogP) is 3.50. The minimum Gasteiger partial charge on any atom is -0.363 e. The van der Waals surface area contributed by atoms with Crippen molar-refractivity contribution < 1.29 is 28.3 Å². The number of rotatable bonds is 15. The number of hydrogen-bond acceptors (Lipinski definition) is 9. The van der Waals surface area contributed by atoms with Gasteiger partial charge >= 0.3 is 6.03 Å². The van der Waals surface area contributed by atoms with Crippen LogP contribution in [-0.2, 0) is 23.5 Å². The maximum absolute atomic E-state index is 14.2. The Morgan fingerprint density at radius 2 is 1.52 bits per heavy atom. The molecule has 2 saturated carbocycles. The molecule has 0 bridgehead atoms. The maximum Gasteiger partial charge on any atom is 0.315 e. The Balaban J connectivity index is 0.00000377. The van der Waals surface area contributed by atoms with E-state index < -0.39 is 41.8 Å². The van der Waals surface area contributed by atoms with Gasteiger partial charge in [0.1, 0.15) is 24.3 Å². The fourth-order valence-electron chi connectivity index (χ4n) is 6.35. The number of ketones is 1. The topological polar surface area (TPSA) is 166 Å². The lowest BCUT2D eigenvalue weighted by molar-refractivity contribution is -0.143. The molecule has 3 fully saturated rings. The van der Waals surface area contributed by atoms with Crippen molar-refractivity contribution in [1.29, 1.82) is 0 Å². The monoisotopic (exact) mass is 717 g/mol. The zero-order valence-corrected chi connectivity index (χ0v) is 32.2. The van der Waals surface area contributed by atoms with Gasteiger partial charge in [-0.15, -0.1) is 0 Å². The van der Waals surface area contributed by atoms with Crippen LogP contribution in [0.3, 0.4) is 0 Å². The number of nitrogens with two attached hydrogens (primary N) is 1. The molecule has 1 saturated heterocycles. The first kappa shape index (κ1) is 44.0. The summed E-state index contributed by atoms with van der Waals surface area (Å²) in [7, 11) is 5.54. The van der Waals surface area contributed by atoms with E-state index in [9.17, 15) is 24.0 Å². The molecule has 13 nitrogen and oxygen atoms in total. The highest BCUT2D eigenvalue weighted by molar-refractivity contribution is 7.92. The third-order valence-corrected chi connectivity index (χ3v) is 9.90. The smallest absolute Gasteiger partial charge is 0.315 e. The van der Waals surface area contributed by atoms with E-state index in [1.165, 1.54) is 12.2 Å². The van der Waals surface area contributed by atoms with Crippen molar-refractivity contribution >= 4 is 55.3 Å². The summed E-state index contributed by atoms with van der Waals surface area (Å²) < 4.78 is 7.49. The lowest BCUT2D eigenvalue weighted by Crippen LogP contribution is -2.60. The summed E-state index contributed by atoms with van der Waals surface area (Å²) in [5, 5.41) is 10.5. The van der Waals surface area contributed by atoms with Crippen molar-refractivity contribution in [2.24, 2.45) is 23.0 Å². The van der Waals surface area contributed by atoms with Crippen molar-refractivity contribution in [3.8, 4) is 0 Å². The van der Waals surface area contributed by atoms with Crippen LogP contribution >= 0.6 is 25.7 Å². The van der Waals surface area contributed by atoms with Gasteiger partial charge in [0, 0.05) is 20.1 Å². The Hall–Kier alpha value is -2.07. The third kappa shape index (κ3) is 13.7. The van der Waals surface area contributed by atoms with Gasteiger partial charge in [-0.2, -0.15) is 18.6 Å². The molecular formula is C33H63N7O6S2. The maximum atomic E-state index is 14.2. The molecule has 3 rings (SSSR count). The molecule has 48 heavy (non-hydrogen) atoms. The second-order valence-electron chi connectivity index (χ2n) is 14.2. The van der Waals surface area contributed by atoms with E-state index in [0.717, 1.165) is 51.4 Å². The summed E-state index contributed by atoms with van der Waals surface area (Å²) in [6.45, 7) is 10.9. The lowest BCUT2D eigenvalue weighted by Gasteiger charge is -2.37. The van der Waals surface area contributed by atoms with Crippen LogP contribution < -0.4 is 21.7 Å². The minimum atomic E-state index is -1.07. The summed E-state index contributed by atoms with van der Waals surface area (Å²) in [4.78, 5) is 67.1. The second kappa shape index (κ2) is 21.2. The van der Waals surface area contributed by atoms with Gasteiger partial charge in [-0.1, -0.05) is 73.1 Å². The Bertz CT molecular complexity index is 1050. The molecule has 15 heteroatoms. The molecule has 4 atom stereocenters. The zero-order chi connectivity index (χ0) is 35.3. The summed E-state index contributed by atoms with van der Waals surface area (Å²) in [6.07, 6.45) is 8.99. The average Bonchev–Trinajstić information content (AvgIpc) is 3.50. The van der Waals surface area contributed by atoms with E-state index in [4.69, 9.17) is 10.0 Å². The van der Waals surface area contributed by atoms with Crippen molar-refractivity contribution in [2.75, 3.05) is 34.2 Å². The molecule has 0 spiro atoms. The van der Waals surface area contributed by atoms with Crippen molar-refractivity contribution in [1.82, 2.24) is 30.2 Å². The van der Waals surface area contributed by atoms with Crippen LogP contribution in [0, 0.1) is 17.3 Å². The predicted molar refractivity (Wildman–Crippen MR) is 195 cm³/mol. The Labute approximate surface area is 299 Å². The van der Waals surface area contributed by atoms with Crippen LogP contribution in [0.15, 0.2) is 0 Å². The third-order valence-electron chi connectivity index (χ3n) is 9.28. The molecule has 278 valence electrons. The van der Waals surface area contributed by atoms with Crippen molar-refractivity contribution in [3.63, 3.8) is 0 Å².